The first kappa shape index (κ1) is 26.2. The molecule has 35 heavy (non-hydrogen) atoms. The van der Waals surface area contributed by atoms with Crippen molar-refractivity contribution >= 4 is 62.5 Å². The summed E-state index contributed by atoms with van der Waals surface area (Å²) in [6.07, 6.45) is 1.42. The molecule has 0 bridgehead atoms. The highest BCUT2D eigenvalue weighted by Crippen LogP contribution is 2.38. The van der Waals surface area contributed by atoms with E-state index in [9.17, 15) is 28.0 Å². The molecule has 1 aliphatic rings. The molecule has 1 N–H and O–H groups in total. The standard InChI is InChI=1S/C22H17BrF2N2O7S/c1-32-16-5-11(13(23)8-17(16)34-10-20(29)33-2)6-18-21(30)27(22(31)35-18)9-19(28)26-15-4-3-12(24)7-14(15)25/h3-8H,9-10H2,1-2H3,(H,26,28)/b18-6+. The number of thioether (sulfide) groups is 1. The maximum Gasteiger partial charge on any atom is 0.343 e. The normalized spacial score (nSPS) is 14.3. The molecule has 0 spiro atoms. The predicted octanol–water partition coefficient (Wildman–Crippen LogP) is 3.96. The number of amides is 3. The second-order valence-electron chi connectivity index (χ2n) is 6.83. The monoisotopic (exact) mass is 570 g/mol. The minimum Gasteiger partial charge on any atom is -0.493 e. The van der Waals surface area contributed by atoms with Gasteiger partial charge >= 0.3 is 5.97 Å². The summed E-state index contributed by atoms with van der Waals surface area (Å²) < 4.78 is 42.4. The van der Waals surface area contributed by atoms with Gasteiger partial charge in [0.15, 0.2) is 18.1 Å². The van der Waals surface area contributed by atoms with Crippen LogP contribution in [0.2, 0.25) is 0 Å². The van der Waals surface area contributed by atoms with Crippen LogP contribution in [-0.4, -0.2) is 55.3 Å². The quantitative estimate of drug-likeness (QED) is 0.375. The van der Waals surface area contributed by atoms with Crippen molar-refractivity contribution < 1.29 is 42.2 Å². The zero-order valence-electron chi connectivity index (χ0n) is 18.2. The Bertz CT molecular complexity index is 1240. The summed E-state index contributed by atoms with van der Waals surface area (Å²) in [5.74, 6) is -3.48. The highest BCUT2D eigenvalue weighted by atomic mass is 79.9. The van der Waals surface area contributed by atoms with Gasteiger partial charge < -0.3 is 19.5 Å². The van der Waals surface area contributed by atoms with Gasteiger partial charge in [0.2, 0.25) is 5.91 Å². The number of nitrogens with zero attached hydrogens (tertiary/aromatic N) is 1. The summed E-state index contributed by atoms with van der Waals surface area (Å²) in [7, 11) is 2.61. The molecule has 13 heteroatoms. The molecule has 0 unspecified atom stereocenters. The van der Waals surface area contributed by atoms with E-state index in [1.165, 1.54) is 32.4 Å². The lowest BCUT2D eigenvalue weighted by molar-refractivity contribution is -0.143. The predicted molar refractivity (Wildman–Crippen MR) is 126 cm³/mol. The van der Waals surface area contributed by atoms with Gasteiger partial charge in [0.25, 0.3) is 11.1 Å². The number of esters is 1. The van der Waals surface area contributed by atoms with Gasteiger partial charge in [0.1, 0.15) is 18.2 Å². The van der Waals surface area contributed by atoms with Gasteiger partial charge in [-0.3, -0.25) is 19.3 Å². The van der Waals surface area contributed by atoms with E-state index in [1.807, 2.05) is 0 Å². The van der Waals surface area contributed by atoms with Crippen molar-refractivity contribution in [3.8, 4) is 11.5 Å². The van der Waals surface area contributed by atoms with E-state index in [-0.39, 0.29) is 28.7 Å². The third-order valence-electron chi connectivity index (χ3n) is 4.52. The molecule has 1 fully saturated rings. The molecule has 184 valence electrons. The number of carbonyl (C=O) groups is 4. The average Bonchev–Trinajstić information content (AvgIpc) is 3.07. The van der Waals surface area contributed by atoms with Crippen molar-refractivity contribution in [1.29, 1.82) is 0 Å². The van der Waals surface area contributed by atoms with E-state index in [1.54, 1.807) is 0 Å². The second-order valence-corrected chi connectivity index (χ2v) is 8.68. The minimum absolute atomic E-state index is 0.0294. The van der Waals surface area contributed by atoms with E-state index < -0.39 is 41.2 Å². The van der Waals surface area contributed by atoms with Crippen LogP contribution in [0.25, 0.3) is 6.08 Å². The fourth-order valence-corrected chi connectivity index (χ4v) is 4.10. The Balaban J connectivity index is 1.75. The van der Waals surface area contributed by atoms with Gasteiger partial charge in [0, 0.05) is 10.5 Å². The Hall–Kier alpha value is -3.45. The first-order valence-corrected chi connectivity index (χ1v) is 11.3. The number of imide groups is 1. The van der Waals surface area contributed by atoms with Crippen LogP contribution >= 0.6 is 27.7 Å². The number of hydrogen-bond acceptors (Lipinski definition) is 8. The molecule has 1 saturated heterocycles. The molecule has 3 amide bonds. The SMILES string of the molecule is COC(=O)COc1cc(Br)c(/C=C2/SC(=O)N(CC(=O)Nc3ccc(F)cc3F)C2=O)cc1OC. The number of hydrogen-bond donors (Lipinski definition) is 1. The van der Waals surface area contributed by atoms with E-state index in [2.05, 4.69) is 26.0 Å². The fraction of sp³-hybridized carbons (Fsp3) is 0.182. The van der Waals surface area contributed by atoms with E-state index in [0.29, 0.717) is 32.8 Å². The number of rotatable bonds is 8. The number of methoxy groups -OCH3 is 2. The zero-order valence-corrected chi connectivity index (χ0v) is 20.6. The summed E-state index contributed by atoms with van der Waals surface area (Å²) in [6, 6.07) is 5.62. The van der Waals surface area contributed by atoms with Crippen LogP contribution in [0.3, 0.4) is 0 Å². The van der Waals surface area contributed by atoms with E-state index >= 15 is 0 Å². The highest BCUT2D eigenvalue weighted by Gasteiger charge is 2.36. The molecule has 1 aliphatic heterocycles. The Morgan fingerprint density at radius 1 is 1.14 bits per heavy atom. The van der Waals surface area contributed by atoms with E-state index in [4.69, 9.17) is 9.47 Å². The largest absolute Gasteiger partial charge is 0.493 e. The molecule has 0 saturated carbocycles. The Morgan fingerprint density at radius 2 is 1.89 bits per heavy atom. The summed E-state index contributed by atoms with van der Waals surface area (Å²) in [5, 5.41) is 1.50. The molecule has 9 nitrogen and oxygen atoms in total. The van der Waals surface area contributed by atoms with Crippen LogP contribution in [0, 0.1) is 11.6 Å². The van der Waals surface area contributed by atoms with Crippen molar-refractivity contribution in [2.75, 3.05) is 32.7 Å². The Labute approximate surface area is 210 Å². The summed E-state index contributed by atoms with van der Waals surface area (Å²) in [4.78, 5) is 49.4. The third-order valence-corrected chi connectivity index (χ3v) is 6.12. The van der Waals surface area contributed by atoms with Crippen molar-refractivity contribution in [2.45, 2.75) is 0 Å². The highest BCUT2D eigenvalue weighted by molar-refractivity contribution is 9.10. The lowest BCUT2D eigenvalue weighted by Gasteiger charge is -2.13. The van der Waals surface area contributed by atoms with Gasteiger partial charge in [-0.05, 0) is 47.7 Å². The number of halogens is 3. The summed E-state index contributed by atoms with van der Waals surface area (Å²) >= 11 is 3.95. The minimum atomic E-state index is -0.995. The van der Waals surface area contributed by atoms with Crippen LogP contribution < -0.4 is 14.8 Å². The number of carbonyl (C=O) groups excluding carboxylic acids is 4. The molecule has 1 heterocycles. The number of ether oxygens (including phenoxy) is 3. The smallest absolute Gasteiger partial charge is 0.343 e. The molecule has 2 aromatic carbocycles. The van der Waals surface area contributed by atoms with Crippen LogP contribution in [-0.2, 0) is 19.1 Å². The molecular formula is C22H17BrF2N2O7S. The molecule has 0 radical (unpaired) electrons. The Kier molecular flexibility index (Phi) is 8.46. The first-order chi connectivity index (χ1) is 16.6. The maximum absolute atomic E-state index is 13.8. The second kappa shape index (κ2) is 11.3. The van der Waals surface area contributed by atoms with Crippen molar-refractivity contribution in [2.24, 2.45) is 0 Å². The maximum atomic E-state index is 13.8. The van der Waals surface area contributed by atoms with E-state index in [0.717, 1.165) is 12.1 Å². The molecule has 0 aromatic heterocycles. The third kappa shape index (κ3) is 6.36. The van der Waals surface area contributed by atoms with Gasteiger partial charge in [-0.15, -0.1) is 0 Å². The fourth-order valence-electron chi connectivity index (χ4n) is 2.83. The number of benzene rings is 2. The molecule has 2 aromatic rings. The van der Waals surface area contributed by atoms with Crippen LogP contribution in [0.15, 0.2) is 39.7 Å². The summed E-state index contributed by atoms with van der Waals surface area (Å²) in [5.41, 5.74) is 0.167. The van der Waals surface area contributed by atoms with Gasteiger partial charge in [-0.2, -0.15) is 0 Å². The number of nitrogens with one attached hydrogen (secondary N) is 1. The first-order valence-electron chi connectivity index (χ1n) is 9.70. The molecule has 0 atom stereocenters. The Morgan fingerprint density at radius 3 is 2.54 bits per heavy atom. The van der Waals surface area contributed by atoms with Gasteiger partial charge in [-0.25, -0.2) is 13.6 Å². The van der Waals surface area contributed by atoms with Crippen LogP contribution in [0.1, 0.15) is 5.56 Å². The van der Waals surface area contributed by atoms with Crippen molar-refractivity contribution in [3.05, 3.63) is 56.9 Å². The topological polar surface area (TPSA) is 111 Å². The average molecular weight is 571 g/mol. The number of anilines is 1. The summed E-state index contributed by atoms with van der Waals surface area (Å²) in [6.45, 7) is -1.01. The molecule has 0 aliphatic carbocycles. The lowest BCUT2D eigenvalue weighted by atomic mass is 10.2. The van der Waals surface area contributed by atoms with Crippen LogP contribution in [0.4, 0.5) is 19.3 Å². The van der Waals surface area contributed by atoms with Crippen LogP contribution in [0.5, 0.6) is 11.5 Å². The van der Waals surface area contributed by atoms with Crippen molar-refractivity contribution in [3.63, 3.8) is 0 Å². The zero-order chi connectivity index (χ0) is 25.7. The van der Waals surface area contributed by atoms with Gasteiger partial charge in [-0.1, -0.05) is 15.9 Å². The van der Waals surface area contributed by atoms with Gasteiger partial charge in [0.05, 0.1) is 24.8 Å². The molecular weight excluding hydrogens is 554 g/mol. The lowest BCUT2D eigenvalue weighted by Crippen LogP contribution is -2.36. The molecule has 3 rings (SSSR count). The van der Waals surface area contributed by atoms with Crippen molar-refractivity contribution in [1.82, 2.24) is 4.90 Å².